The minimum atomic E-state index is -5.22. The molecule has 0 bridgehead atoms. The normalized spacial score (nSPS) is 27.9. The largest absolute Gasteiger partial charge is 0.490 e. The van der Waals surface area contributed by atoms with Gasteiger partial charge in [0.25, 0.3) is 0 Å². The van der Waals surface area contributed by atoms with Crippen LogP contribution in [0.15, 0.2) is 24.3 Å². The summed E-state index contributed by atoms with van der Waals surface area (Å²) in [5, 5.41) is 3.22. The van der Waals surface area contributed by atoms with E-state index in [2.05, 4.69) is 10.1 Å². The maximum atomic E-state index is 13.1. The number of ether oxygens (including phenoxy) is 2. The van der Waals surface area contributed by atoms with Crippen molar-refractivity contribution in [2.75, 3.05) is 26.2 Å². The molecule has 2 aliphatic rings. The topological polar surface area (TPSA) is 67.9 Å². The van der Waals surface area contributed by atoms with Gasteiger partial charge in [0.1, 0.15) is 11.7 Å². The molecule has 1 aromatic carbocycles. The lowest BCUT2D eigenvalue weighted by Gasteiger charge is -2.54. The fourth-order valence-corrected chi connectivity index (χ4v) is 4.81. The fourth-order valence-electron chi connectivity index (χ4n) is 4.69. The second kappa shape index (κ2) is 9.19. The monoisotopic (exact) mass is 516 g/mol. The molecule has 0 saturated carbocycles. The Balaban J connectivity index is 1.89. The minimum Gasteiger partial charge on any atom is -0.453 e. The number of likely N-dealkylation sites (tertiary alicyclic amines) is 1. The number of nitrogens with one attached hydrogen (secondary N) is 1. The minimum absolute atomic E-state index is 0.00516. The molecule has 2 saturated heterocycles. The predicted octanol–water partition coefficient (Wildman–Crippen LogP) is 3.82. The Kier molecular flexibility index (Phi) is 7.18. The molecule has 3 rings (SSSR count). The highest BCUT2D eigenvalue weighted by Gasteiger charge is 2.58. The van der Waals surface area contributed by atoms with Gasteiger partial charge in [-0.2, -0.15) is 26.3 Å². The number of nitrogens with zero attached hydrogens (tertiary/aromatic N) is 1. The van der Waals surface area contributed by atoms with E-state index < -0.39 is 47.5 Å². The van der Waals surface area contributed by atoms with Gasteiger partial charge in [-0.1, -0.05) is 37.6 Å². The summed E-state index contributed by atoms with van der Waals surface area (Å²) in [6.07, 6.45) is -11.6. The molecule has 3 atom stereocenters. The Hall–Kier alpha value is -2.05. The molecule has 1 N–H and O–H groups in total. The highest BCUT2D eigenvalue weighted by molar-refractivity contribution is 6.30. The number of carbonyl (C=O) groups excluding carboxylic acids is 2. The third-order valence-electron chi connectivity index (χ3n) is 6.34. The first-order valence-corrected chi connectivity index (χ1v) is 10.7. The molecule has 1 aromatic rings. The van der Waals surface area contributed by atoms with E-state index in [-0.39, 0.29) is 32.6 Å². The number of carbonyl (C=O) groups is 2. The third kappa shape index (κ3) is 5.28. The smallest absolute Gasteiger partial charge is 0.453 e. The molecular formula is C21H23ClF6N2O4. The van der Waals surface area contributed by atoms with Crippen LogP contribution in [0.2, 0.25) is 5.02 Å². The van der Waals surface area contributed by atoms with Crippen molar-refractivity contribution in [1.29, 1.82) is 0 Å². The van der Waals surface area contributed by atoms with Crippen LogP contribution < -0.4 is 5.32 Å². The highest BCUT2D eigenvalue weighted by atomic mass is 35.5. The third-order valence-corrected chi connectivity index (χ3v) is 6.59. The number of hydrogen-bond donors (Lipinski definition) is 1. The quantitative estimate of drug-likeness (QED) is 0.485. The lowest BCUT2D eigenvalue weighted by atomic mass is 9.66. The van der Waals surface area contributed by atoms with Crippen LogP contribution >= 0.6 is 11.6 Å². The van der Waals surface area contributed by atoms with Crippen LogP contribution in [-0.4, -0.2) is 67.5 Å². The number of rotatable bonds is 4. The highest BCUT2D eigenvalue weighted by Crippen LogP contribution is 2.50. The number of piperidine rings is 1. The standard InChI is InChI=1S/C21H23ClF6N2O4/c1-18(2)11-30(14-9-29-10-15(14)33-16(31)20(23,24)25)8-7-19(18,34-17(32)21(26,27)28)12-3-5-13(22)6-4-12/h3-6,14-15,29H,7-11H2,1-2H3/t14-,15?,19+/m1/s1. The van der Waals surface area contributed by atoms with Crippen LogP contribution in [-0.2, 0) is 24.7 Å². The van der Waals surface area contributed by atoms with E-state index in [1.165, 1.54) is 24.3 Å². The average Bonchev–Trinajstić information content (AvgIpc) is 3.16. The van der Waals surface area contributed by atoms with Crippen molar-refractivity contribution in [3.05, 3.63) is 34.9 Å². The van der Waals surface area contributed by atoms with E-state index in [0.717, 1.165) is 0 Å². The molecule has 2 heterocycles. The van der Waals surface area contributed by atoms with Crippen LogP contribution in [0.1, 0.15) is 25.8 Å². The van der Waals surface area contributed by atoms with E-state index in [0.29, 0.717) is 10.6 Å². The first-order chi connectivity index (χ1) is 15.6. The van der Waals surface area contributed by atoms with Crippen LogP contribution in [0.4, 0.5) is 26.3 Å². The Morgan fingerprint density at radius 3 is 2.15 bits per heavy atom. The molecule has 13 heteroatoms. The van der Waals surface area contributed by atoms with Gasteiger partial charge in [0.15, 0.2) is 0 Å². The molecular weight excluding hydrogens is 494 g/mol. The Labute approximate surface area is 196 Å². The van der Waals surface area contributed by atoms with Crippen LogP contribution in [0.5, 0.6) is 0 Å². The summed E-state index contributed by atoms with van der Waals surface area (Å²) in [5.41, 5.74) is -2.50. The van der Waals surface area contributed by atoms with Crippen molar-refractivity contribution in [2.24, 2.45) is 5.41 Å². The Morgan fingerprint density at radius 1 is 1.03 bits per heavy atom. The number of benzene rings is 1. The molecule has 0 spiro atoms. The van der Waals surface area contributed by atoms with Crippen molar-refractivity contribution in [1.82, 2.24) is 10.2 Å². The maximum Gasteiger partial charge on any atom is 0.490 e. The summed E-state index contributed by atoms with van der Waals surface area (Å²) in [6, 6.07) is 5.25. The average molecular weight is 517 g/mol. The maximum absolute atomic E-state index is 13.1. The fraction of sp³-hybridized carbons (Fsp3) is 0.619. The van der Waals surface area contributed by atoms with Gasteiger partial charge in [0.05, 0.1) is 6.04 Å². The van der Waals surface area contributed by atoms with E-state index in [1.807, 2.05) is 0 Å². The summed E-state index contributed by atoms with van der Waals surface area (Å²) < 4.78 is 87.2. The van der Waals surface area contributed by atoms with E-state index in [4.69, 9.17) is 16.3 Å². The van der Waals surface area contributed by atoms with Gasteiger partial charge in [-0.15, -0.1) is 0 Å². The molecule has 0 amide bonds. The summed E-state index contributed by atoms with van der Waals surface area (Å²) >= 11 is 5.92. The first kappa shape index (κ1) is 26.6. The first-order valence-electron chi connectivity index (χ1n) is 10.4. The van der Waals surface area contributed by atoms with Crippen LogP contribution in [0.3, 0.4) is 0 Å². The van der Waals surface area contributed by atoms with E-state index in [9.17, 15) is 35.9 Å². The predicted molar refractivity (Wildman–Crippen MR) is 108 cm³/mol. The summed E-state index contributed by atoms with van der Waals surface area (Å²) in [5.74, 6) is -4.65. The second-order valence-electron chi connectivity index (χ2n) is 8.99. The zero-order valence-electron chi connectivity index (χ0n) is 18.2. The number of halogens is 7. The van der Waals surface area contributed by atoms with Gasteiger partial charge >= 0.3 is 24.3 Å². The molecule has 2 fully saturated rings. The van der Waals surface area contributed by atoms with Gasteiger partial charge in [-0.3, -0.25) is 4.90 Å². The lowest BCUT2D eigenvalue weighted by molar-refractivity contribution is -0.236. The molecule has 0 aromatic heterocycles. The summed E-state index contributed by atoms with van der Waals surface area (Å²) in [4.78, 5) is 25.0. The number of esters is 2. The Bertz CT molecular complexity index is 921. The van der Waals surface area contributed by atoms with Crippen molar-refractivity contribution >= 4 is 23.5 Å². The molecule has 34 heavy (non-hydrogen) atoms. The molecule has 0 radical (unpaired) electrons. The van der Waals surface area contributed by atoms with E-state index in [1.54, 1.807) is 18.7 Å². The van der Waals surface area contributed by atoms with Crippen molar-refractivity contribution in [3.8, 4) is 0 Å². The Morgan fingerprint density at radius 2 is 1.62 bits per heavy atom. The zero-order chi connectivity index (χ0) is 25.5. The van der Waals surface area contributed by atoms with Crippen molar-refractivity contribution in [3.63, 3.8) is 0 Å². The van der Waals surface area contributed by atoms with E-state index >= 15 is 0 Å². The van der Waals surface area contributed by atoms with Gasteiger partial charge < -0.3 is 14.8 Å². The second-order valence-corrected chi connectivity index (χ2v) is 9.43. The number of alkyl halides is 6. The molecule has 1 unspecified atom stereocenters. The van der Waals surface area contributed by atoms with Crippen molar-refractivity contribution in [2.45, 2.75) is 50.4 Å². The lowest BCUT2D eigenvalue weighted by Crippen LogP contribution is -2.61. The number of hydrogen-bond acceptors (Lipinski definition) is 6. The summed E-state index contributed by atoms with van der Waals surface area (Å²) in [6.45, 7) is 3.54. The van der Waals surface area contributed by atoms with Gasteiger partial charge in [-0.25, -0.2) is 9.59 Å². The molecule has 6 nitrogen and oxygen atoms in total. The van der Waals surface area contributed by atoms with Crippen LogP contribution in [0.25, 0.3) is 0 Å². The van der Waals surface area contributed by atoms with Crippen LogP contribution in [0, 0.1) is 5.41 Å². The molecule has 0 aliphatic carbocycles. The van der Waals surface area contributed by atoms with Crippen molar-refractivity contribution < 1.29 is 45.4 Å². The SMILES string of the molecule is CC1(C)CN([C@@H]2CNCC2OC(=O)C(F)(F)F)CC[C@]1(OC(=O)C(F)(F)F)c1ccc(Cl)cc1. The molecule has 190 valence electrons. The molecule has 2 aliphatic heterocycles. The van der Waals surface area contributed by atoms with Gasteiger partial charge in [-0.05, 0) is 17.7 Å². The van der Waals surface area contributed by atoms with Gasteiger partial charge in [0, 0.05) is 43.0 Å². The zero-order valence-corrected chi connectivity index (χ0v) is 19.0. The van der Waals surface area contributed by atoms with Gasteiger partial charge in [0.2, 0.25) is 0 Å². The summed E-state index contributed by atoms with van der Waals surface area (Å²) in [7, 11) is 0.